The highest BCUT2D eigenvalue weighted by Gasteiger charge is 2.29. The van der Waals surface area contributed by atoms with E-state index in [9.17, 15) is 0 Å². The molecule has 1 aromatic carbocycles. The minimum atomic E-state index is 0.643. The summed E-state index contributed by atoms with van der Waals surface area (Å²) in [6, 6.07) is 6.97. The van der Waals surface area contributed by atoms with Crippen molar-refractivity contribution in [1.29, 1.82) is 0 Å². The molecule has 0 radical (unpaired) electrons. The molecule has 0 aliphatic carbocycles. The van der Waals surface area contributed by atoms with Crippen LogP contribution in [0.3, 0.4) is 0 Å². The molecule has 2 nitrogen and oxygen atoms in total. The fourth-order valence-corrected chi connectivity index (χ4v) is 3.17. The number of benzene rings is 1. The van der Waals surface area contributed by atoms with Gasteiger partial charge in [-0.05, 0) is 49.6 Å². The molecule has 0 spiro atoms. The summed E-state index contributed by atoms with van der Waals surface area (Å²) in [7, 11) is 0. The molecule has 0 saturated carbocycles. The third kappa shape index (κ3) is 1.98. The van der Waals surface area contributed by atoms with Gasteiger partial charge in [-0.15, -0.1) is 0 Å². The number of ether oxygens (including phenoxy) is 1. The summed E-state index contributed by atoms with van der Waals surface area (Å²) in [4.78, 5) is 0. The van der Waals surface area contributed by atoms with Gasteiger partial charge in [-0.1, -0.05) is 15.9 Å². The van der Waals surface area contributed by atoms with Crippen molar-refractivity contribution in [3.8, 4) is 5.75 Å². The lowest BCUT2D eigenvalue weighted by Gasteiger charge is -2.29. The molecule has 2 aliphatic rings. The zero-order valence-electron chi connectivity index (χ0n) is 9.21. The van der Waals surface area contributed by atoms with Crippen molar-refractivity contribution in [1.82, 2.24) is 5.32 Å². The fourth-order valence-electron chi connectivity index (χ4n) is 2.76. The molecule has 2 aliphatic heterocycles. The summed E-state index contributed by atoms with van der Waals surface area (Å²) in [5.74, 6) is 1.71. The molecule has 1 N–H and O–H groups in total. The first-order valence-corrected chi connectivity index (χ1v) is 6.77. The minimum Gasteiger partial charge on any atom is -0.493 e. The van der Waals surface area contributed by atoms with E-state index < -0.39 is 0 Å². The Balaban J connectivity index is 1.79. The number of fused-ring (bicyclic) bond motifs is 1. The summed E-state index contributed by atoms with van der Waals surface area (Å²) >= 11 is 3.52. The van der Waals surface area contributed by atoms with Crippen molar-refractivity contribution in [3.05, 3.63) is 28.2 Å². The van der Waals surface area contributed by atoms with E-state index in [0.29, 0.717) is 12.0 Å². The lowest BCUT2D eigenvalue weighted by molar-refractivity contribution is 0.192. The van der Waals surface area contributed by atoms with Crippen molar-refractivity contribution >= 4 is 15.9 Å². The Labute approximate surface area is 105 Å². The average molecular weight is 282 g/mol. The predicted molar refractivity (Wildman–Crippen MR) is 67.9 cm³/mol. The third-order valence-electron chi connectivity index (χ3n) is 3.63. The zero-order chi connectivity index (χ0) is 11.0. The van der Waals surface area contributed by atoms with Crippen LogP contribution in [0.5, 0.6) is 5.75 Å². The van der Waals surface area contributed by atoms with Crippen LogP contribution in [0, 0.1) is 5.92 Å². The first-order chi connectivity index (χ1) is 7.83. The van der Waals surface area contributed by atoms with Crippen LogP contribution in [-0.2, 0) is 6.42 Å². The van der Waals surface area contributed by atoms with Gasteiger partial charge < -0.3 is 10.1 Å². The lowest BCUT2D eigenvalue weighted by Crippen LogP contribution is -2.37. The molecule has 0 bridgehead atoms. The smallest absolute Gasteiger partial charge is 0.122 e. The van der Waals surface area contributed by atoms with Gasteiger partial charge in [0.15, 0.2) is 0 Å². The van der Waals surface area contributed by atoms with E-state index in [1.165, 1.54) is 24.9 Å². The van der Waals surface area contributed by atoms with E-state index in [1.54, 1.807) is 0 Å². The van der Waals surface area contributed by atoms with Crippen LogP contribution in [-0.4, -0.2) is 19.2 Å². The molecule has 0 aromatic heterocycles. The van der Waals surface area contributed by atoms with Crippen molar-refractivity contribution in [2.24, 2.45) is 5.92 Å². The van der Waals surface area contributed by atoms with E-state index in [-0.39, 0.29) is 0 Å². The molecule has 3 heteroatoms. The molecule has 2 atom stereocenters. The molecule has 0 amide bonds. The highest BCUT2D eigenvalue weighted by Crippen LogP contribution is 2.32. The molecule has 2 unspecified atom stereocenters. The van der Waals surface area contributed by atoms with E-state index >= 15 is 0 Å². The van der Waals surface area contributed by atoms with Crippen molar-refractivity contribution < 1.29 is 4.74 Å². The van der Waals surface area contributed by atoms with Crippen LogP contribution in [0.2, 0.25) is 0 Å². The normalized spacial score (nSPS) is 28.6. The summed E-state index contributed by atoms with van der Waals surface area (Å²) in [5.41, 5.74) is 1.35. The van der Waals surface area contributed by atoms with Gasteiger partial charge in [-0.3, -0.25) is 0 Å². The fraction of sp³-hybridized carbons (Fsp3) is 0.538. The van der Waals surface area contributed by atoms with Crippen LogP contribution in [0.1, 0.15) is 18.4 Å². The second kappa shape index (κ2) is 4.38. The van der Waals surface area contributed by atoms with Crippen LogP contribution >= 0.6 is 15.9 Å². The van der Waals surface area contributed by atoms with Crippen molar-refractivity contribution in [2.45, 2.75) is 25.3 Å². The number of halogens is 1. The SMILES string of the molecule is Brc1ccc2c(c1)CC(C1CCCN1)CO2. The third-order valence-corrected chi connectivity index (χ3v) is 4.12. The number of rotatable bonds is 1. The number of nitrogens with one attached hydrogen (secondary N) is 1. The van der Waals surface area contributed by atoms with Crippen molar-refractivity contribution in [3.63, 3.8) is 0 Å². The van der Waals surface area contributed by atoms with Gasteiger partial charge in [0.05, 0.1) is 6.61 Å². The molecular weight excluding hydrogens is 266 g/mol. The molecule has 3 rings (SSSR count). The number of hydrogen-bond donors (Lipinski definition) is 1. The molecule has 1 saturated heterocycles. The summed E-state index contributed by atoms with van der Waals surface area (Å²) in [6.07, 6.45) is 3.76. The Hall–Kier alpha value is -0.540. The first kappa shape index (κ1) is 10.6. The summed E-state index contributed by atoms with van der Waals surface area (Å²) in [5, 5.41) is 3.58. The van der Waals surface area contributed by atoms with Gasteiger partial charge in [0.25, 0.3) is 0 Å². The molecule has 2 heterocycles. The molecule has 1 fully saturated rings. The monoisotopic (exact) mass is 281 g/mol. The van der Waals surface area contributed by atoms with Crippen LogP contribution < -0.4 is 10.1 Å². The summed E-state index contributed by atoms with van der Waals surface area (Å²) in [6.45, 7) is 2.04. The zero-order valence-corrected chi connectivity index (χ0v) is 10.8. The predicted octanol–water partition coefficient (Wildman–Crippen LogP) is 2.75. The Morgan fingerprint density at radius 3 is 3.12 bits per heavy atom. The van der Waals surface area contributed by atoms with Gasteiger partial charge in [-0.2, -0.15) is 0 Å². The van der Waals surface area contributed by atoms with Crippen molar-refractivity contribution in [2.75, 3.05) is 13.2 Å². The van der Waals surface area contributed by atoms with E-state index in [0.717, 1.165) is 23.2 Å². The van der Waals surface area contributed by atoms with Gasteiger partial charge in [0.2, 0.25) is 0 Å². The van der Waals surface area contributed by atoms with E-state index in [2.05, 4.69) is 33.4 Å². The highest BCUT2D eigenvalue weighted by molar-refractivity contribution is 9.10. The van der Waals surface area contributed by atoms with Crippen LogP contribution in [0.25, 0.3) is 0 Å². The number of hydrogen-bond acceptors (Lipinski definition) is 2. The second-order valence-electron chi connectivity index (χ2n) is 4.73. The Kier molecular flexibility index (Phi) is 2.90. The Morgan fingerprint density at radius 1 is 1.38 bits per heavy atom. The molecule has 86 valence electrons. The van der Waals surface area contributed by atoms with E-state index in [1.807, 2.05) is 6.07 Å². The average Bonchev–Trinajstić information content (AvgIpc) is 2.81. The van der Waals surface area contributed by atoms with E-state index in [4.69, 9.17) is 4.74 Å². The van der Waals surface area contributed by atoms with Gasteiger partial charge in [0.1, 0.15) is 5.75 Å². The quantitative estimate of drug-likeness (QED) is 0.855. The Bertz CT molecular complexity index is 388. The molecule has 1 aromatic rings. The lowest BCUT2D eigenvalue weighted by atomic mass is 9.90. The van der Waals surface area contributed by atoms with Gasteiger partial charge in [0, 0.05) is 16.4 Å². The van der Waals surface area contributed by atoms with Gasteiger partial charge >= 0.3 is 0 Å². The topological polar surface area (TPSA) is 21.3 Å². The Morgan fingerprint density at radius 2 is 2.31 bits per heavy atom. The summed E-state index contributed by atoms with van der Waals surface area (Å²) < 4.78 is 6.99. The standard InChI is InChI=1S/C13H16BrNO/c14-11-3-4-13-9(7-11)6-10(8-16-13)12-2-1-5-15-12/h3-4,7,10,12,15H,1-2,5-6,8H2. The highest BCUT2D eigenvalue weighted by atomic mass is 79.9. The second-order valence-corrected chi connectivity index (χ2v) is 5.65. The minimum absolute atomic E-state index is 0.643. The largest absolute Gasteiger partial charge is 0.493 e. The maximum Gasteiger partial charge on any atom is 0.122 e. The molecule has 16 heavy (non-hydrogen) atoms. The maximum absolute atomic E-state index is 5.84. The molecular formula is C13H16BrNO. The van der Waals surface area contributed by atoms with Gasteiger partial charge in [-0.25, -0.2) is 0 Å². The maximum atomic E-state index is 5.84. The van der Waals surface area contributed by atoms with Crippen LogP contribution in [0.15, 0.2) is 22.7 Å². The van der Waals surface area contributed by atoms with Crippen LogP contribution in [0.4, 0.5) is 0 Å². The first-order valence-electron chi connectivity index (χ1n) is 5.97.